The summed E-state index contributed by atoms with van der Waals surface area (Å²) in [5.41, 5.74) is 0. The van der Waals surface area contributed by atoms with E-state index in [4.69, 9.17) is 0 Å². The molecule has 0 amide bonds. The first kappa shape index (κ1) is 11.0. The van der Waals surface area contributed by atoms with Crippen molar-refractivity contribution in [3.05, 3.63) is 6.92 Å². The second-order valence-electron chi connectivity index (χ2n) is 1.56. The molecule has 0 aromatic heterocycles. The zero-order valence-electron chi connectivity index (χ0n) is 5.11. The molecular weight excluding hydrogens is 161 g/mol. The smallest absolute Gasteiger partial charge is 0.343 e. The van der Waals surface area contributed by atoms with Crippen molar-refractivity contribution in [3.63, 3.8) is 0 Å². The Morgan fingerprint density at radius 3 is 2.00 bits per heavy atom. The molecular formula is C6H13Y+2. The third kappa shape index (κ3) is 11.0. The van der Waals surface area contributed by atoms with Gasteiger partial charge in [0.15, 0.2) is 0 Å². The number of hydrogen-bond donors (Lipinski definition) is 0. The van der Waals surface area contributed by atoms with Crippen molar-refractivity contribution < 1.29 is 32.7 Å². The van der Waals surface area contributed by atoms with E-state index in [1.165, 1.54) is 19.3 Å². The van der Waals surface area contributed by atoms with Gasteiger partial charge in [-0.25, -0.2) is 0 Å². The molecule has 0 aliphatic heterocycles. The molecule has 0 saturated carbocycles. The molecule has 0 aliphatic carbocycles. The van der Waals surface area contributed by atoms with Crippen LogP contribution in [0.25, 0.3) is 0 Å². The quantitative estimate of drug-likeness (QED) is 0.455. The normalized spacial score (nSPS) is 7.71. The summed E-state index contributed by atoms with van der Waals surface area (Å²) in [4.78, 5) is 0. The summed E-state index contributed by atoms with van der Waals surface area (Å²) in [6.45, 7) is 5.93. The fourth-order valence-electron chi connectivity index (χ4n) is 0.427. The van der Waals surface area contributed by atoms with Gasteiger partial charge in [-0.2, -0.15) is 6.42 Å². The summed E-state index contributed by atoms with van der Waals surface area (Å²) in [6.07, 6.45) is 5.07. The van der Waals surface area contributed by atoms with Crippen LogP contribution in [-0.4, -0.2) is 0 Å². The van der Waals surface area contributed by atoms with E-state index < -0.39 is 0 Å². The van der Waals surface area contributed by atoms with E-state index in [-0.39, 0.29) is 32.7 Å². The molecule has 0 rings (SSSR count). The molecule has 0 aromatic rings. The minimum atomic E-state index is 0. The van der Waals surface area contributed by atoms with Crippen molar-refractivity contribution in [1.82, 2.24) is 0 Å². The van der Waals surface area contributed by atoms with E-state index in [0.29, 0.717) is 0 Å². The summed E-state index contributed by atoms with van der Waals surface area (Å²) in [5.74, 6) is 0. The van der Waals surface area contributed by atoms with Crippen LogP contribution in [0.4, 0.5) is 0 Å². The van der Waals surface area contributed by atoms with Gasteiger partial charge in [0.1, 0.15) is 0 Å². The van der Waals surface area contributed by atoms with Crippen LogP contribution in [0.2, 0.25) is 0 Å². The number of hydrogen-bond acceptors (Lipinski definition) is 0. The Balaban J connectivity index is 0. The zero-order valence-corrected chi connectivity index (χ0v) is 7.95. The van der Waals surface area contributed by atoms with Gasteiger partial charge in [-0.1, -0.05) is 26.2 Å². The van der Waals surface area contributed by atoms with Crippen molar-refractivity contribution >= 4 is 0 Å². The van der Waals surface area contributed by atoms with Crippen LogP contribution in [0, 0.1) is 6.92 Å². The van der Waals surface area contributed by atoms with Gasteiger partial charge >= 0.3 is 32.7 Å². The summed E-state index contributed by atoms with van der Waals surface area (Å²) in [7, 11) is 0. The summed E-state index contributed by atoms with van der Waals surface area (Å²) < 4.78 is 0. The largest absolute Gasteiger partial charge is 3.00 e. The molecule has 0 unspecified atom stereocenters. The molecule has 0 fully saturated rings. The van der Waals surface area contributed by atoms with Crippen molar-refractivity contribution in [2.75, 3.05) is 0 Å². The Kier molecular flexibility index (Phi) is 15.9. The topological polar surface area (TPSA) is 0 Å². The van der Waals surface area contributed by atoms with Crippen LogP contribution in [-0.2, 0) is 32.7 Å². The SMILES string of the molecule is [CH2-]CCCCC.[Y+3]. The molecule has 7 heavy (non-hydrogen) atoms. The average molecular weight is 174 g/mol. The number of rotatable bonds is 3. The first-order valence-electron chi connectivity index (χ1n) is 2.71. The first-order chi connectivity index (χ1) is 2.91. The zero-order chi connectivity index (χ0) is 4.83. The van der Waals surface area contributed by atoms with Crippen molar-refractivity contribution in [2.24, 2.45) is 0 Å². The average Bonchev–Trinajstić information content (AvgIpc) is 1.61. The Bertz CT molecular complexity index is 16.1. The molecule has 0 aliphatic rings. The predicted octanol–water partition coefficient (Wildman–Crippen LogP) is 2.40. The molecule has 0 saturated heterocycles. The maximum absolute atomic E-state index is 3.72. The van der Waals surface area contributed by atoms with Gasteiger partial charge in [0.25, 0.3) is 0 Å². The standard InChI is InChI=1S/C6H13.Y/c1-3-5-6-4-2;/h1,3-6H2,2H3;/q-1;+3. The molecule has 0 bridgehead atoms. The Hall–Kier alpha value is 1.10. The molecule has 0 nitrogen and oxygen atoms in total. The van der Waals surface area contributed by atoms with Crippen LogP contribution in [0.3, 0.4) is 0 Å². The predicted molar refractivity (Wildman–Crippen MR) is 29.5 cm³/mol. The molecule has 0 heterocycles. The second kappa shape index (κ2) is 10.2. The van der Waals surface area contributed by atoms with Crippen molar-refractivity contribution in [3.8, 4) is 0 Å². The van der Waals surface area contributed by atoms with E-state index in [9.17, 15) is 0 Å². The molecule has 0 N–H and O–H groups in total. The van der Waals surface area contributed by atoms with E-state index in [2.05, 4.69) is 13.8 Å². The molecule has 0 spiro atoms. The molecule has 38 valence electrons. The fourth-order valence-corrected chi connectivity index (χ4v) is 0.427. The van der Waals surface area contributed by atoms with Gasteiger partial charge in [-0.05, 0) is 0 Å². The van der Waals surface area contributed by atoms with E-state index in [0.717, 1.165) is 6.42 Å². The third-order valence-corrected chi connectivity index (χ3v) is 0.854. The summed E-state index contributed by atoms with van der Waals surface area (Å²) in [6, 6.07) is 0. The van der Waals surface area contributed by atoms with Crippen molar-refractivity contribution in [2.45, 2.75) is 32.6 Å². The molecule has 1 heteroatoms. The maximum atomic E-state index is 3.72. The minimum Gasteiger partial charge on any atom is -0.343 e. The Morgan fingerprint density at radius 1 is 1.29 bits per heavy atom. The van der Waals surface area contributed by atoms with E-state index >= 15 is 0 Å². The van der Waals surface area contributed by atoms with Crippen LogP contribution >= 0.6 is 0 Å². The Labute approximate surface area is 71.9 Å². The van der Waals surface area contributed by atoms with Gasteiger partial charge in [0.05, 0.1) is 0 Å². The van der Waals surface area contributed by atoms with Crippen LogP contribution in [0.5, 0.6) is 0 Å². The van der Waals surface area contributed by atoms with Gasteiger partial charge in [0, 0.05) is 0 Å². The number of unbranched alkanes of at least 4 members (excludes halogenated alkanes) is 3. The van der Waals surface area contributed by atoms with Crippen LogP contribution in [0.1, 0.15) is 32.6 Å². The minimum absolute atomic E-state index is 0. The van der Waals surface area contributed by atoms with Gasteiger partial charge < -0.3 is 6.92 Å². The monoisotopic (exact) mass is 174 g/mol. The molecule has 0 atom stereocenters. The molecule has 0 radical (unpaired) electrons. The summed E-state index contributed by atoms with van der Waals surface area (Å²) in [5, 5.41) is 0. The third-order valence-electron chi connectivity index (χ3n) is 0.854. The fraction of sp³-hybridized carbons (Fsp3) is 0.833. The van der Waals surface area contributed by atoms with Gasteiger partial charge in [-0.3, -0.25) is 0 Å². The molecule has 0 aromatic carbocycles. The Morgan fingerprint density at radius 2 is 1.86 bits per heavy atom. The van der Waals surface area contributed by atoms with E-state index in [1.54, 1.807) is 0 Å². The van der Waals surface area contributed by atoms with Crippen LogP contribution in [0.15, 0.2) is 0 Å². The van der Waals surface area contributed by atoms with Crippen LogP contribution < -0.4 is 0 Å². The summed E-state index contributed by atoms with van der Waals surface area (Å²) >= 11 is 0. The maximum Gasteiger partial charge on any atom is 3.00 e. The van der Waals surface area contributed by atoms with Crippen molar-refractivity contribution in [1.29, 1.82) is 0 Å². The van der Waals surface area contributed by atoms with E-state index in [1.807, 2.05) is 0 Å². The van der Waals surface area contributed by atoms with Gasteiger partial charge in [-0.15, -0.1) is 0 Å². The second-order valence-corrected chi connectivity index (χ2v) is 1.56. The van der Waals surface area contributed by atoms with Gasteiger partial charge in [0.2, 0.25) is 0 Å². The first-order valence-corrected chi connectivity index (χ1v) is 2.71.